The third-order valence-corrected chi connectivity index (χ3v) is 3.43. The van der Waals surface area contributed by atoms with Crippen molar-refractivity contribution >= 4 is 22.2 Å². The van der Waals surface area contributed by atoms with Crippen LogP contribution in [0.15, 0.2) is 12.4 Å². The summed E-state index contributed by atoms with van der Waals surface area (Å²) in [6.45, 7) is 6.35. The molecular weight excluding hydrogens is 442 g/mol. The highest BCUT2D eigenvalue weighted by atomic mass is 32.2. The third-order valence-electron chi connectivity index (χ3n) is 2.68. The van der Waals surface area contributed by atoms with Crippen molar-refractivity contribution in [1.29, 1.82) is 0 Å². The number of hydrogen-bond donors (Lipinski definition) is 2. The van der Waals surface area contributed by atoms with Gasteiger partial charge in [-0.05, 0) is 19.4 Å². The Morgan fingerprint density at radius 2 is 1.25 bits per heavy atom. The van der Waals surface area contributed by atoms with E-state index in [2.05, 4.69) is 29.1 Å². The zero-order valence-corrected chi connectivity index (χ0v) is 16.6. The topological polar surface area (TPSA) is 148 Å². The molecule has 8 nitrogen and oxygen atoms in total. The van der Waals surface area contributed by atoms with Crippen LogP contribution < -0.4 is 11.9 Å². The highest BCUT2D eigenvalue weighted by molar-refractivity contribution is 7.80. The van der Waals surface area contributed by atoms with Crippen LogP contribution >= 0.6 is 0 Å². The summed E-state index contributed by atoms with van der Waals surface area (Å²) >= 11 is -7.87. The van der Waals surface area contributed by atoms with E-state index in [-0.39, 0.29) is 6.15 Å². The largest absolute Gasteiger partial charge is 0.766 e. The summed E-state index contributed by atoms with van der Waals surface area (Å²) < 4.78 is 99.0. The van der Waals surface area contributed by atoms with Crippen LogP contribution in [0.2, 0.25) is 0 Å². The van der Waals surface area contributed by atoms with Crippen molar-refractivity contribution in [2.75, 3.05) is 26.3 Å². The van der Waals surface area contributed by atoms with Crippen LogP contribution in [0.1, 0.15) is 26.2 Å². The number of rotatable bonds is 6. The molecule has 0 aliphatic carbocycles. The Hall–Kier alpha value is -0.940. The van der Waals surface area contributed by atoms with Crippen molar-refractivity contribution in [2.24, 2.45) is 5.73 Å². The van der Waals surface area contributed by atoms with E-state index in [9.17, 15) is 26.3 Å². The Balaban J connectivity index is -0.000000360. The standard InChI is InChI=1S/C10H21N3.2CHF3O2S.H3N/c1-2-3-6-12-8-9-13(10-12)7-4-5-11;2*2-1(3,4)7(5)6;/h8-9H,2-7,10-11H2,1H3;2*(H,5,6);1H3/p-2. The first-order valence-corrected chi connectivity index (χ1v) is 9.59. The fraction of sp³-hybridized carbons (Fsp3) is 0.833. The molecular formula is C12H24F6N4O4S2-2. The highest BCUT2D eigenvalue weighted by Crippen LogP contribution is 2.17. The SMILES string of the molecule is CCCCN1C=CN(CCCN)C1.N.O=S([O-])C(F)(F)F.O=S([O-])C(F)(F)F. The van der Waals surface area contributed by atoms with Crippen LogP contribution in [-0.2, 0) is 22.2 Å². The molecule has 0 aromatic heterocycles. The second-order valence-electron chi connectivity index (χ2n) is 4.92. The number of nitrogens with zero attached hydrogens (tertiary/aromatic N) is 2. The summed E-state index contributed by atoms with van der Waals surface area (Å²) in [7, 11) is 0. The van der Waals surface area contributed by atoms with Crippen molar-refractivity contribution in [3.63, 3.8) is 0 Å². The molecule has 1 aliphatic rings. The second-order valence-corrected chi connectivity index (χ2v) is 6.79. The summed E-state index contributed by atoms with van der Waals surface area (Å²) in [5.74, 6) is 0. The van der Waals surface area contributed by atoms with E-state index >= 15 is 0 Å². The van der Waals surface area contributed by atoms with Gasteiger partial charge >= 0.3 is 11.0 Å². The summed E-state index contributed by atoms with van der Waals surface area (Å²) in [5, 5.41) is 0. The quantitative estimate of drug-likeness (QED) is 0.447. The molecule has 28 heavy (non-hydrogen) atoms. The Bertz CT molecular complexity index is 440. The number of halogens is 6. The van der Waals surface area contributed by atoms with Crippen molar-refractivity contribution in [1.82, 2.24) is 16.0 Å². The molecule has 0 saturated carbocycles. The van der Waals surface area contributed by atoms with Crippen molar-refractivity contribution in [3.8, 4) is 0 Å². The lowest BCUT2D eigenvalue weighted by Crippen LogP contribution is -2.27. The van der Waals surface area contributed by atoms with E-state index in [1.54, 1.807) is 0 Å². The fourth-order valence-corrected chi connectivity index (χ4v) is 1.46. The minimum absolute atomic E-state index is 0. The van der Waals surface area contributed by atoms with Crippen LogP contribution in [0.5, 0.6) is 0 Å². The van der Waals surface area contributed by atoms with Gasteiger partial charge in [0.25, 0.3) is 0 Å². The monoisotopic (exact) mass is 466 g/mol. The maximum absolute atomic E-state index is 10.6. The smallest absolute Gasteiger partial charge is 0.458 e. The molecule has 0 aromatic rings. The Morgan fingerprint density at radius 3 is 1.50 bits per heavy atom. The van der Waals surface area contributed by atoms with Gasteiger partial charge in [0, 0.05) is 25.5 Å². The Labute approximate surface area is 164 Å². The van der Waals surface area contributed by atoms with Crippen molar-refractivity contribution < 1.29 is 43.9 Å². The van der Waals surface area contributed by atoms with Gasteiger partial charge in [0.15, 0.2) is 0 Å². The first-order chi connectivity index (χ1) is 12.3. The molecule has 0 spiro atoms. The number of nitrogens with two attached hydrogens (primary N) is 1. The van der Waals surface area contributed by atoms with E-state index in [1.807, 2.05) is 0 Å². The first-order valence-electron chi connectivity index (χ1n) is 7.44. The first kappa shape index (κ1) is 31.7. The maximum atomic E-state index is 10.6. The molecule has 5 N–H and O–H groups in total. The van der Waals surface area contributed by atoms with E-state index in [0.29, 0.717) is 0 Å². The minimum Gasteiger partial charge on any atom is -0.766 e. The van der Waals surface area contributed by atoms with E-state index in [0.717, 1.165) is 26.2 Å². The molecule has 1 rings (SSSR count). The second kappa shape index (κ2) is 15.9. The van der Waals surface area contributed by atoms with Crippen LogP contribution in [-0.4, -0.2) is 64.6 Å². The molecule has 0 fully saturated rings. The minimum atomic E-state index is -5.08. The lowest BCUT2D eigenvalue weighted by molar-refractivity contribution is -0.0458. The summed E-state index contributed by atoms with van der Waals surface area (Å²) in [6, 6.07) is 0. The van der Waals surface area contributed by atoms with Crippen molar-refractivity contribution in [2.45, 2.75) is 37.2 Å². The van der Waals surface area contributed by atoms with Gasteiger partial charge in [-0.3, -0.25) is 8.42 Å². The van der Waals surface area contributed by atoms with Crippen LogP contribution in [0.4, 0.5) is 26.3 Å². The predicted octanol–water partition coefficient (Wildman–Crippen LogP) is 2.11. The molecule has 0 saturated heterocycles. The fourth-order valence-electron chi connectivity index (χ4n) is 1.46. The van der Waals surface area contributed by atoms with Crippen LogP contribution in [0.3, 0.4) is 0 Å². The highest BCUT2D eigenvalue weighted by Gasteiger charge is 2.29. The summed E-state index contributed by atoms with van der Waals surface area (Å²) in [4.78, 5) is 4.68. The van der Waals surface area contributed by atoms with Crippen LogP contribution in [0, 0.1) is 0 Å². The van der Waals surface area contributed by atoms with Crippen LogP contribution in [0.25, 0.3) is 0 Å². The lowest BCUT2D eigenvalue weighted by Gasteiger charge is -2.20. The predicted molar refractivity (Wildman–Crippen MR) is 91.0 cm³/mol. The Morgan fingerprint density at radius 1 is 0.929 bits per heavy atom. The van der Waals surface area contributed by atoms with E-state index in [4.69, 9.17) is 23.3 Å². The third kappa shape index (κ3) is 18.4. The van der Waals surface area contributed by atoms with Gasteiger partial charge in [0.1, 0.15) is 0 Å². The van der Waals surface area contributed by atoms with Gasteiger partial charge in [-0.15, -0.1) is 0 Å². The molecule has 0 radical (unpaired) electrons. The molecule has 0 bridgehead atoms. The van der Waals surface area contributed by atoms with Gasteiger partial charge in [-0.25, -0.2) is 0 Å². The van der Waals surface area contributed by atoms with Gasteiger partial charge in [-0.1, -0.05) is 13.3 Å². The maximum Gasteiger partial charge on any atom is 0.458 e. The zero-order valence-electron chi connectivity index (χ0n) is 15.0. The van der Waals surface area contributed by atoms with Gasteiger partial charge in [0.05, 0.1) is 28.8 Å². The summed E-state index contributed by atoms with van der Waals surface area (Å²) in [6.07, 6.45) is 8.01. The molecule has 0 amide bonds. The molecule has 172 valence electrons. The number of alkyl halides is 6. The van der Waals surface area contributed by atoms with Crippen molar-refractivity contribution in [3.05, 3.63) is 12.4 Å². The lowest BCUT2D eigenvalue weighted by atomic mass is 10.3. The summed E-state index contributed by atoms with van der Waals surface area (Å²) in [5.41, 5.74) is -4.71. The number of hydrogen-bond acceptors (Lipinski definition) is 8. The molecule has 2 atom stereocenters. The van der Waals surface area contributed by atoms with E-state index < -0.39 is 33.2 Å². The van der Waals surface area contributed by atoms with Gasteiger partial charge in [0.2, 0.25) is 0 Å². The zero-order chi connectivity index (χ0) is 21.7. The molecule has 0 aromatic carbocycles. The van der Waals surface area contributed by atoms with E-state index in [1.165, 1.54) is 19.4 Å². The normalized spacial score (nSPS) is 15.6. The van der Waals surface area contributed by atoms with Gasteiger partial charge in [-0.2, -0.15) is 26.3 Å². The average Bonchev–Trinajstić information content (AvgIpc) is 2.98. The number of unbranched alkanes of at least 4 members (excludes halogenated alkanes) is 1. The van der Waals surface area contributed by atoms with Gasteiger partial charge < -0.3 is 30.8 Å². The molecule has 1 aliphatic heterocycles. The molecule has 1 heterocycles. The average molecular weight is 466 g/mol. The molecule has 2 unspecified atom stereocenters. The Kier molecular flexibility index (Phi) is 18.1. The molecule has 16 heteroatoms.